The first-order valence-electron chi connectivity index (χ1n) is 9.14. The third-order valence-electron chi connectivity index (χ3n) is 4.25. The maximum atomic E-state index is 11.8. The molecule has 1 aromatic rings. The summed E-state index contributed by atoms with van der Waals surface area (Å²) in [6.07, 6.45) is 1.59. The van der Waals surface area contributed by atoms with E-state index in [1.807, 2.05) is 6.92 Å². The summed E-state index contributed by atoms with van der Waals surface area (Å²) >= 11 is 0. The van der Waals surface area contributed by atoms with Crippen LogP contribution in [0.2, 0.25) is 0 Å². The molecular formula is C19H30N4O2. The molecule has 1 fully saturated rings. The molecule has 1 saturated heterocycles. The maximum Gasteiger partial charge on any atom is 0.409 e. The van der Waals surface area contributed by atoms with Crippen molar-refractivity contribution in [1.29, 1.82) is 0 Å². The number of likely N-dealkylation sites (tertiary alicyclic amines) is 1. The predicted molar refractivity (Wildman–Crippen MR) is 101 cm³/mol. The number of aliphatic imine (C=N–C) groups is 1. The average molecular weight is 346 g/mol. The SMILES string of the molecule is CCNC(=NCc1ccc(C)cc1)NC1CCN(C(=O)OCC)CC1. The third-order valence-corrected chi connectivity index (χ3v) is 4.25. The van der Waals surface area contributed by atoms with Gasteiger partial charge in [0.25, 0.3) is 0 Å². The molecule has 138 valence electrons. The number of guanidine groups is 1. The number of rotatable bonds is 5. The van der Waals surface area contributed by atoms with Crippen molar-refractivity contribution in [3.05, 3.63) is 35.4 Å². The summed E-state index contributed by atoms with van der Waals surface area (Å²) in [5.74, 6) is 0.831. The second-order valence-electron chi connectivity index (χ2n) is 6.29. The van der Waals surface area contributed by atoms with Gasteiger partial charge in [-0.2, -0.15) is 0 Å². The van der Waals surface area contributed by atoms with Crippen LogP contribution in [-0.2, 0) is 11.3 Å². The van der Waals surface area contributed by atoms with E-state index in [0.29, 0.717) is 32.3 Å². The highest BCUT2D eigenvalue weighted by molar-refractivity contribution is 5.80. The summed E-state index contributed by atoms with van der Waals surface area (Å²) in [5, 5.41) is 6.79. The second-order valence-corrected chi connectivity index (χ2v) is 6.29. The van der Waals surface area contributed by atoms with Crippen LogP contribution < -0.4 is 10.6 Å². The van der Waals surface area contributed by atoms with Crippen molar-refractivity contribution in [2.24, 2.45) is 4.99 Å². The van der Waals surface area contributed by atoms with E-state index in [2.05, 4.69) is 53.7 Å². The van der Waals surface area contributed by atoms with E-state index < -0.39 is 0 Å². The minimum Gasteiger partial charge on any atom is -0.450 e. The first kappa shape index (κ1) is 19.1. The zero-order chi connectivity index (χ0) is 18.1. The Labute approximate surface area is 150 Å². The molecule has 0 aromatic heterocycles. The average Bonchev–Trinajstić information content (AvgIpc) is 2.62. The van der Waals surface area contributed by atoms with Gasteiger partial charge in [-0.15, -0.1) is 0 Å². The number of aryl methyl sites for hydroxylation is 1. The first-order chi connectivity index (χ1) is 12.1. The number of ether oxygens (including phenoxy) is 1. The zero-order valence-electron chi connectivity index (χ0n) is 15.5. The number of carbonyl (C=O) groups is 1. The Hall–Kier alpha value is -2.24. The van der Waals surface area contributed by atoms with Crippen LogP contribution >= 0.6 is 0 Å². The highest BCUT2D eigenvalue weighted by Crippen LogP contribution is 2.11. The Morgan fingerprint density at radius 1 is 1.24 bits per heavy atom. The zero-order valence-corrected chi connectivity index (χ0v) is 15.5. The lowest BCUT2D eigenvalue weighted by atomic mass is 10.1. The van der Waals surface area contributed by atoms with Gasteiger partial charge in [0.1, 0.15) is 0 Å². The molecule has 0 saturated carbocycles. The molecule has 2 N–H and O–H groups in total. The number of hydrogen-bond acceptors (Lipinski definition) is 3. The third kappa shape index (κ3) is 6.29. The van der Waals surface area contributed by atoms with Crippen LogP contribution in [-0.4, -0.2) is 49.2 Å². The summed E-state index contributed by atoms with van der Waals surface area (Å²) in [5.41, 5.74) is 2.45. The fourth-order valence-electron chi connectivity index (χ4n) is 2.80. The minimum atomic E-state index is -0.208. The topological polar surface area (TPSA) is 66.0 Å². The van der Waals surface area contributed by atoms with Gasteiger partial charge < -0.3 is 20.3 Å². The Balaban J connectivity index is 1.86. The van der Waals surface area contributed by atoms with Gasteiger partial charge in [-0.3, -0.25) is 0 Å². The molecule has 0 radical (unpaired) electrons. The van der Waals surface area contributed by atoms with Crippen LogP contribution in [0.5, 0.6) is 0 Å². The Morgan fingerprint density at radius 3 is 2.52 bits per heavy atom. The van der Waals surface area contributed by atoms with Gasteiger partial charge in [-0.25, -0.2) is 9.79 Å². The van der Waals surface area contributed by atoms with E-state index in [1.165, 1.54) is 11.1 Å². The summed E-state index contributed by atoms with van der Waals surface area (Å²) in [7, 11) is 0. The molecule has 6 nitrogen and oxygen atoms in total. The number of piperidine rings is 1. The Morgan fingerprint density at radius 2 is 1.92 bits per heavy atom. The van der Waals surface area contributed by atoms with E-state index in [-0.39, 0.29) is 6.09 Å². The first-order valence-corrected chi connectivity index (χ1v) is 9.14. The number of hydrogen-bond donors (Lipinski definition) is 2. The van der Waals surface area contributed by atoms with Crippen LogP contribution in [0.1, 0.15) is 37.8 Å². The van der Waals surface area contributed by atoms with Gasteiger partial charge in [0, 0.05) is 25.7 Å². The van der Waals surface area contributed by atoms with Crippen molar-refractivity contribution < 1.29 is 9.53 Å². The number of benzene rings is 1. The van der Waals surface area contributed by atoms with E-state index in [0.717, 1.165) is 25.3 Å². The van der Waals surface area contributed by atoms with Crippen molar-refractivity contribution in [1.82, 2.24) is 15.5 Å². The summed E-state index contributed by atoms with van der Waals surface area (Å²) in [4.78, 5) is 18.2. The standard InChI is InChI=1S/C19H30N4O2/c1-4-20-18(21-14-16-8-6-15(3)7-9-16)22-17-10-12-23(13-11-17)19(24)25-5-2/h6-9,17H,4-5,10-14H2,1-3H3,(H2,20,21,22). The molecule has 0 spiro atoms. The van der Waals surface area contributed by atoms with Gasteiger partial charge in [0.05, 0.1) is 13.2 Å². The second kappa shape index (κ2) is 9.91. The Kier molecular flexibility index (Phi) is 7.57. The molecule has 1 aliphatic heterocycles. The molecule has 0 bridgehead atoms. The molecule has 1 aliphatic rings. The number of amides is 1. The lowest BCUT2D eigenvalue weighted by Crippen LogP contribution is -2.49. The van der Waals surface area contributed by atoms with E-state index in [4.69, 9.17) is 4.74 Å². The highest BCUT2D eigenvalue weighted by atomic mass is 16.6. The molecule has 0 aliphatic carbocycles. The van der Waals surface area contributed by atoms with Gasteiger partial charge >= 0.3 is 6.09 Å². The summed E-state index contributed by atoms with van der Waals surface area (Å²) < 4.78 is 5.06. The maximum absolute atomic E-state index is 11.8. The normalized spacial score (nSPS) is 15.8. The molecule has 6 heteroatoms. The van der Waals surface area contributed by atoms with E-state index in [9.17, 15) is 4.79 Å². The van der Waals surface area contributed by atoms with E-state index in [1.54, 1.807) is 4.90 Å². The van der Waals surface area contributed by atoms with Crippen LogP contribution in [0.4, 0.5) is 4.79 Å². The predicted octanol–water partition coefficient (Wildman–Crippen LogP) is 2.67. The van der Waals surface area contributed by atoms with Crippen LogP contribution in [0.15, 0.2) is 29.3 Å². The van der Waals surface area contributed by atoms with Crippen molar-refractivity contribution in [3.8, 4) is 0 Å². The molecule has 2 rings (SSSR count). The smallest absolute Gasteiger partial charge is 0.409 e. The van der Waals surface area contributed by atoms with Gasteiger partial charge in [0.15, 0.2) is 5.96 Å². The molecule has 1 amide bonds. The molecule has 25 heavy (non-hydrogen) atoms. The Bertz CT molecular complexity index is 563. The summed E-state index contributed by atoms with van der Waals surface area (Å²) in [6.45, 7) is 9.31. The molecule has 1 heterocycles. The van der Waals surface area contributed by atoms with Crippen LogP contribution in [0, 0.1) is 6.92 Å². The van der Waals surface area contributed by atoms with Crippen molar-refractivity contribution in [2.45, 2.75) is 46.2 Å². The number of carbonyl (C=O) groups excluding carboxylic acids is 1. The summed E-state index contributed by atoms with van der Waals surface area (Å²) in [6, 6.07) is 8.76. The van der Waals surface area contributed by atoms with Crippen LogP contribution in [0.3, 0.4) is 0 Å². The molecule has 1 aromatic carbocycles. The largest absolute Gasteiger partial charge is 0.450 e. The molecular weight excluding hydrogens is 316 g/mol. The number of nitrogens with zero attached hydrogens (tertiary/aromatic N) is 2. The van der Waals surface area contributed by atoms with Gasteiger partial charge in [-0.05, 0) is 39.2 Å². The van der Waals surface area contributed by atoms with Crippen LogP contribution in [0.25, 0.3) is 0 Å². The van der Waals surface area contributed by atoms with Crippen molar-refractivity contribution in [3.63, 3.8) is 0 Å². The lowest BCUT2D eigenvalue weighted by Gasteiger charge is -2.32. The molecule has 0 unspecified atom stereocenters. The monoisotopic (exact) mass is 346 g/mol. The fourth-order valence-corrected chi connectivity index (χ4v) is 2.80. The molecule has 0 atom stereocenters. The van der Waals surface area contributed by atoms with Gasteiger partial charge in [0.2, 0.25) is 0 Å². The fraction of sp³-hybridized carbons (Fsp3) is 0.579. The lowest BCUT2D eigenvalue weighted by molar-refractivity contribution is 0.0963. The van der Waals surface area contributed by atoms with Gasteiger partial charge in [-0.1, -0.05) is 29.8 Å². The van der Waals surface area contributed by atoms with E-state index >= 15 is 0 Å². The highest BCUT2D eigenvalue weighted by Gasteiger charge is 2.23. The quantitative estimate of drug-likeness (QED) is 0.635. The van der Waals surface area contributed by atoms with Crippen molar-refractivity contribution >= 4 is 12.1 Å². The van der Waals surface area contributed by atoms with Crippen molar-refractivity contribution in [2.75, 3.05) is 26.2 Å². The number of nitrogens with one attached hydrogen (secondary N) is 2. The minimum absolute atomic E-state index is 0.208.